The summed E-state index contributed by atoms with van der Waals surface area (Å²) >= 11 is 1.21. The van der Waals surface area contributed by atoms with Crippen molar-refractivity contribution < 1.29 is 29.3 Å². The van der Waals surface area contributed by atoms with E-state index in [9.17, 15) is 19.8 Å². The van der Waals surface area contributed by atoms with Crippen molar-refractivity contribution in [2.75, 3.05) is 12.0 Å². The number of aromatic hydroxyl groups is 2. The zero-order chi connectivity index (χ0) is 21.8. The molecular weight excluding hydrogens is 408 g/mol. The number of ether oxygens (including phenoxy) is 2. The smallest absolute Gasteiger partial charge is 0.342 e. The third-order valence-corrected chi connectivity index (χ3v) is 5.17. The van der Waals surface area contributed by atoms with Gasteiger partial charge >= 0.3 is 5.97 Å². The molecule has 0 aliphatic rings. The average Bonchev–Trinajstić information content (AvgIpc) is 3.19. The van der Waals surface area contributed by atoms with Crippen molar-refractivity contribution >= 4 is 34.0 Å². The van der Waals surface area contributed by atoms with Crippen molar-refractivity contribution in [3.05, 3.63) is 58.6 Å². The van der Waals surface area contributed by atoms with E-state index in [1.165, 1.54) is 42.4 Å². The second-order valence-electron chi connectivity index (χ2n) is 6.35. The van der Waals surface area contributed by atoms with E-state index in [4.69, 9.17) is 9.47 Å². The first-order valence-electron chi connectivity index (χ1n) is 8.90. The highest BCUT2D eigenvalue weighted by Gasteiger charge is 2.22. The summed E-state index contributed by atoms with van der Waals surface area (Å²) in [5.41, 5.74) is 1.27. The molecule has 0 saturated heterocycles. The molecule has 30 heavy (non-hydrogen) atoms. The second kappa shape index (κ2) is 8.83. The van der Waals surface area contributed by atoms with Crippen molar-refractivity contribution in [2.45, 2.75) is 20.5 Å². The number of aryl methyl sites for hydroxylation is 1. The van der Waals surface area contributed by atoms with Crippen LogP contribution in [-0.2, 0) is 16.1 Å². The monoisotopic (exact) mass is 428 g/mol. The van der Waals surface area contributed by atoms with Gasteiger partial charge in [-0.25, -0.2) is 9.78 Å². The molecule has 1 aromatic heterocycles. The number of methoxy groups -OCH3 is 1. The minimum atomic E-state index is -0.800. The lowest BCUT2D eigenvalue weighted by atomic mass is 10.1. The second-order valence-corrected chi connectivity index (χ2v) is 7.19. The minimum Gasteiger partial charge on any atom is -0.504 e. The van der Waals surface area contributed by atoms with Crippen molar-refractivity contribution in [1.29, 1.82) is 0 Å². The number of rotatable bonds is 6. The molecule has 9 heteroatoms. The Morgan fingerprint density at radius 1 is 1.13 bits per heavy atom. The predicted molar refractivity (Wildman–Crippen MR) is 112 cm³/mol. The fraction of sp³-hybridized carbons (Fsp3) is 0.190. The van der Waals surface area contributed by atoms with Gasteiger partial charge in [-0.05, 0) is 30.7 Å². The lowest BCUT2D eigenvalue weighted by Crippen LogP contribution is -2.23. The van der Waals surface area contributed by atoms with Crippen LogP contribution in [0.5, 0.6) is 17.2 Å². The number of phenols is 2. The molecule has 156 valence electrons. The molecule has 0 spiro atoms. The number of thiazole rings is 1. The first-order chi connectivity index (χ1) is 14.3. The first-order valence-corrected chi connectivity index (χ1v) is 9.78. The molecule has 0 fully saturated rings. The van der Waals surface area contributed by atoms with E-state index in [2.05, 4.69) is 4.98 Å². The van der Waals surface area contributed by atoms with Crippen molar-refractivity contribution in [1.82, 2.24) is 4.98 Å². The molecule has 1 heterocycles. The highest BCUT2D eigenvalue weighted by molar-refractivity contribution is 7.14. The molecule has 2 N–H and O–H groups in total. The van der Waals surface area contributed by atoms with Gasteiger partial charge in [-0.15, -0.1) is 11.3 Å². The van der Waals surface area contributed by atoms with Gasteiger partial charge in [-0.2, -0.15) is 0 Å². The van der Waals surface area contributed by atoms with Gasteiger partial charge in [0, 0.05) is 12.3 Å². The van der Waals surface area contributed by atoms with E-state index >= 15 is 0 Å². The molecule has 0 radical (unpaired) electrons. The SMILES string of the molecule is COc1ccccc1N(C(C)=O)c1nc(COC(=O)c2ccc(C)c(O)c2O)cs1. The summed E-state index contributed by atoms with van der Waals surface area (Å²) < 4.78 is 10.5. The molecule has 0 aliphatic carbocycles. The maximum atomic E-state index is 12.3. The number of amides is 1. The Bertz CT molecular complexity index is 1090. The maximum absolute atomic E-state index is 12.3. The number of para-hydroxylation sites is 2. The van der Waals surface area contributed by atoms with Gasteiger partial charge in [0.1, 0.15) is 17.9 Å². The molecule has 0 aliphatic heterocycles. The van der Waals surface area contributed by atoms with Gasteiger partial charge in [-0.1, -0.05) is 18.2 Å². The van der Waals surface area contributed by atoms with E-state index in [0.29, 0.717) is 27.8 Å². The number of benzene rings is 2. The van der Waals surface area contributed by atoms with Crippen LogP contribution in [0.3, 0.4) is 0 Å². The normalized spacial score (nSPS) is 10.5. The maximum Gasteiger partial charge on any atom is 0.342 e. The van der Waals surface area contributed by atoms with E-state index in [0.717, 1.165) is 0 Å². The van der Waals surface area contributed by atoms with Gasteiger partial charge in [0.05, 0.1) is 18.5 Å². The molecule has 0 bridgehead atoms. The quantitative estimate of drug-likeness (QED) is 0.452. The number of carbonyl (C=O) groups is 2. The van der Waals surface area contributed by atoms with E-state index in [1.807, 2.05) is 0 Å². The first kappa shape index (κ1) is 21.1. The zero-order valence-corrected chi connectivity index (χ0v) is 17.4. The summed E-state index contributed by atoms with van der Waals surface area (Å²) in [6.45, 7) is 2.85. The van der Waals surface area contributed by atoms with Crippen LogP contribution < -0.4 is 9.64 Å². The number of anilines is 2. The van der Waals surface area contributed by atoms with Gasteiger partial charge in [0.15, 0.2) is 16.6 Å². The molecule has 0 saturated carbocycles. The summed E-state index contributed by atoms with van der Waals surface area (Å²) in [4.78, 5) is 30.3. The van der Waals surface area contributed by atoms with Gasteiger partial charge < -0.3 is 19.7 Å². The summed E-state index contributed by atoms with van der Waals surface area (Å²) in [5.74, 6) is -1.43. The molecule has 2 aromatic carbocycles. The third kappa shape index (κ3) is 4.20. The van der Waals surface area contributed by atoms with Crippen LogP contribution in [0, 0.1) is 6.92 Å². The molecule has 1 amide bonds. The van der Waals surface area contributed by atoms with Crippen molar-refractivity contribution in [3.63, 3.8) is 0 Å². The van der Waals surface area contributed by atoms with E-state index in [1.54, 1.807) is 36.6 Å². The fourth-order valence-corrected chi connectivity index (χ4v) is 3.61. The number of nitrogens with zero attached hydrogens (tertiary/aromatic N) is 2. The Hall–Kier alpha value is -3.59. The zero-order valence-electron chi connectivity index (χ0n) is 16.6. The van der Waals surface area contributed by atoms with Crippen molar-refractivity contribution in [2.24, 2.45) is 0 Å². The topological polar surface area (TPSA) is 109 Å². The standard InChI is InChI=1S/C21H20N2O6S/c1-12-8-9-15(19(26)18(12)25)20(27)29-10-14-11-30-21(22-14)23(13(2)24)16-6-4-5-7-17(16)28-3/h4-9,11,25-26H,10H2,1-3H3. The van der Waals surface area contributed by atoms with E-state index < -0.39 is 11.7 Å². The summed E-state index contributed by atoms with van der Waals surface area (Å²) in [6.07, 6.45) is 0. The van der Waals surface area contributed by atoms with Gasteiger partial charge in [-0.3, -0.25) is 9.69 Å². The molecule has 3 aromatic rings. The van der Waals surface area contributed by atoms with Gasteiger partial charge in [0.25, 0.3) is 0 Å². The van der Waals surface area contributed by atoms with Crippen LogP contribution in [0.4, 0.5) is 10.8 Å². The fourth-order valence-electron chi connectivity index (χ4n) is 2.75. The van der Waals surface area contributed by atoms with Crippen LogP contribution >= 0.6 is 11.3 Å². The molecule has 0 atom stereocenters. The Labute approximate surface area is 176 Å². The third-order valence-electron chi connectivity index (χ3n) is 4.30. The van der Waals surface area contributed by atoms with Crippen LogP contribution in [-0.4, -0.2) is 34.2 Å². The summed E-state index contributed by atoms with van der Waals surface area (Å²) in [5, 5.41) is 21.8. The Morgan fingerprint density at radius 3 is 2.57 bits per heavy atom. The lowest BCUT2D eigenvalue weighted by Gasteiger charge is -2.20. The number of aromatic nitrogens is 1. The molecule has 0 unspecified atom stereocenters. The average molecular weight is 428 g/mol. The lowest BCUT2D eigenvalue weighted by molar-refractivity contribution is -0.115. The van der Waals surface area contributed by atoms with E-state index in [-0.39, 0.29) is 23.8 Å². The highest BCUT2D eigenvalue weighted by Crippen LogP contribution is 2.36. The van der Waals surface area contributed by atoms with Gasteiger partial charge in [0.2, 0.25) is 5.91 Å². The molecular formula is C21H20N2O6S. The number of phenolic OH excluding ortho intramolecular Hbond substituents is 2. The number of hydrogen-bond acceptors (Lipinski definition) is 8. The minimum absolute atomic E-state index is 0.145. The molecule has 8 nitrogen and oxygen atoms in total. The van der Waals surface area contributed by atoms with Crippen LogP contribution in [0.15, 0.2) is 41.8 Å². The Kier molecular flexibility index (Phi) is 6.22. The largest absolute Gasteiger partial charge is 0.504 e. The number of esters is 1. The Morgan fingerprint density at radius 2 is 1.87 bits per heavy atom. The van der Waals surface area contributed by atoms with Crippen molar-refractivity contribution in [3.8, 4) is 17.2 Å². The number of carbonyl (C=O) groups excluding carboxylic acids is 2. The summed E-state index contributed by atoms with van der Waals surface area (Å²) in [7, 11) is 1.52. The van der Waals surface area contributed by atoms with Crippen LogP contribution in [0.2, 0.25) is 0 Å². The van der Waals surface area contributed by atoms with Crippen LogP contribution in [0.25, 0.3) is 0 Å². The molecule has 3 rings (SSSR count). The predicted octanol–water partition coefficient (Wildman–Crippen LogP) is 3.91. The summed E-state index contributed by atoms with van der Waals surface area (Å²) in [6, 6.07) is 9.95. The number of hydrogen-bond donors (Lipinski definition) is 2. The van der Waals surface area contributed by atoms with Crippen LogP contribution in [0.1, 0.15) is 28.5 Å². The highest BCUT2D eigenvalue weighted by atomic mass is 32.1. The Balaban J connectivity index is 1.78.